The molecule has 2 saturated heterocycles. The molecule has 3 aromatic rings. The molecule has 12 nitrogen and oxygen atoms in total. The van der Waals surface area contributed by atoms with Crippen LogP contribution in [0.2, 0.25) is 0 Å². The molecule has 4 heterocycles. The average molecular weight is 695 g/mol. The molecule has 4 aliphatic heterocycles. The van der Waals surface area contributed by atoms with E-state index in [9.17, 15) is 24.0 Å². The van der Waals surface area contributed by atoms with Gasteiger partial charge < -0.3 is 35.8 Å². The van der Waals surface area contributed by atoms with E-state index in [0.29, 0.717) is 25.1 Å². The van der Waals surface area contributed by atoms with Crippen LogP contribution < -0.4 is 30.9 Å². The van der Waals surface area contributed by atoms with Crippen molar-refractivity contribution >= 4 is 35.2 Å². The number of hydrogen-bond acceptors (Lipinski definition) is 7. The number of nitrogens with zero attached hydrogens (tertiary/aromatic N) is 2. The van der Waals surface area contributed by atoms with Gasteiger partial charge >= 0.3 is 0 Å². The summed E-state index contributed by atoms with van der Waals surface area (Å²) >= 11 is 0. The molecule has 5 amide bonds. The van der Waals surface area contributed by atoms with Crippen molar-refractivity contribution in [2.24, 2.45) is 0 Å². The molecule has 4 atom stereocenters. The smallest absolute Gasteiger partial charge is 0.258 e. The second-order valence-corrected chi connectivity index (χ2v) is 13.5. The maximum absolute atomic E-state index is 13.9. The van der Waals surface area contributed by atoms with Crippen molar-refractivity contribution < 1.29 is 28.7 Å². The van der Waals surface area contributed by atoms with Gasteiger partial charge in [0, 0.05) is 44.2 Å². The van der Waals surface area contributed by atoms with Crippen LogP contribution in [0.3, 0.4) is 0 Å². The summed E-state index contributed by atoms with van der Waals surface area (Å²) < 4.78 is 5.77. The van der Waals surface area contributed by atoms with Crippen LogP contribution in [0.4, 0.5) is 5.69 Å². The fourth-order valence-electron chi connectivity index (χ4n) is 7.00. The number of piperidine rings is 1. The lowest BCUT2D eigenvalue weighted by molar-refractivity contribution is -0.142. The Morgan fingerprint density at radius 1 is 0.804 bits per heavy atom. The summed E-state index contributed by atoms with van der Waals surface area (Å²) in [7, 11) is 0. The third-order valence-corrected chi connectivity index (χ3v) is 9.84. The van der Waals surface area contributed by atoms with Crippen LogP contribution in [0.25, 0.3) is 0 Å². The average Bonchev–Trinajstić information content (AvgIpc) is 3.65. The summed E-state index contributed by atoms with van der Waals surface area (Å²) in [6.07, 6.45) is 2.98. The van der Waals surface area contributed by atoms with Crippen molar-refractivity contribution in [3.8, 4) is 5.75 Å². The van der Waals surface area contributed by atoms with Crippen molar-refractivity contribution in [2.75, 3.05) is 31.1 Å². The van der Waals surface area contributed by atoms with Crippen LogP contribution in [-0.2, 0) is 36.8 Å². The van der Waals surface area contributed by atoms with Gasteiger partial charge in [0.05, 0.1) is 0 Å². The molecule has 2 bridgehead atoms. The minimum atomic E-state index is -0.975. The topological polar surface area (TPSA) is 149 Å². The Morgan fingerprint density at radius 2 is 1.49 bits per heavy atom. The number of fused-ring (bicyclic) bond motifs is 13. The summed E-state index contributed by atoms with van der Waals surface area (Å²) in [5.74, 6) is -1.69. The first-order valence-electron chi connectivity index (χ1n) is 17.8. The number of rotatable bonds is 5. The Hall–Kier alpha value is -5.39. The molecule has 12 heteroatoms. The normalized spacial score (nSPS) is 23.9. The third kappa shape index (κ3) is 9.24. The van der Waals surface area contributed by atoms with E-state index in [4.69, 9.17) is 4.74 Å². The number of benzene rings is 3. The molecular weight excluding hydrogens is 648 g/mol. The van der Waals surface area contributed by atoms with Crippen LogP contribution in [-0.4, -0.2) is 90.9 Å². The fraction of sp³-hybridized carbons (Fsp3) is 0.410. The molecule has 3 aromatic carbocycles. The van der Waals surface area contributed by atoms with Crippen molar-refractivity contribution in [2.45, 2.75) is 75.7 Å². The van der Waals surface area contributed by atoms with Crippen LogP contribution >= 0.6 is 0 Å². The van der Waals surface area contributed by atoms with Gasteiger partial charge in [0.25, 0.3) is 5.91 Å². The van der Waals surface area contributed by atoms with E-state index in [0.717, 1.165) is 42.7 Å². The van der Waals surface area contributed by atoms with Gasteiger partial charge in [0.15, 0.2) is 6.61 Å². The van der Waals surface area contributed by atoms with E-state index in [1.807, 2.05) is 48.5 Å². The minimum Gasteiger partial charge on any atom is -0.484 e. The molecule has 0 spiro atoms. The number of para-hydroxylation sites is 1. The zero-order valence-electron chi connectivity index (χ0n) is 28.9. The third-order valence-electron chi connectivity index (χ3n) is 9.84. The highest BCUT2D eigenvalue weighted by Crippen LogP contribution is 2.22. The summed E-state index contributed by atoms with van der Waals surface area (Å²) in [5, 5.41) is 11.6. The standard InChI is InChI=1S/C39H46N6O6/c1-26-36(47)43-32(37(48)41-29-18-21-44(22-19-29)30-11-6-3-7-12-30)23-28-14-16-31(17-15-28)51-25-35(46)42-33(24-27-9-4-2-5-10-27)39(50)45-20-8-13-34(45)38(49)40-26/h2-7,9-12,14-17,26,29,32-34H,8,13,18-25H2,1H3,(H,40,49)(H,41,48)(H,42,46)(H,43,47)/t26-,32-,33+,34+/m0/s1. The first-order valence-corrected chi connectivity index (χ1v) is 17.8. The molecule has 7 rings (SSSR count). The summed E-state index contributed by atoms with van der Waals surface area (Å²) in [5.41, 5.74) is 2.78. The number of nitrogens with one attached hydrogen (secondary N) is 4. The Morgan fingerprint density at radius 3 is 2.20 bits per heavy atom. The van der Waals surface area contributed by atoms with Gasteiger partial charge in [-0.15, -0.1) is 0 Å². The molecule has 268 valence electrons. The molecule has 0 aliphatic carbocycles. The lowest BCUT2D eigenvalue weighted by Gasteiger charge is -2.34. The van der Waals surface area contributed by atoms with Gasteiger partial charge in [-0.25, -0.2) is 0 Å². The number of hydrogen-bond donors (Lipinski definition) is 4. The molecule has 0 unspecified atom stereocenters. The Balaban J connectivity index is 1.18. The second kappa shape index (κ2) is 16.5. The van der Waals surface area contributed by atoms with E-state index in [-0.39, 0.29) is 37.3 Å². The zero-order valence-corrected chi connectivity index (χ0v) is 28.9. The fourth-order valence-corrected chi connectivity index (χ4v) is 7.00. The second-order valence-electron chi connectivity index (χ2n) is 13.5. The highest BCUT2D eigenvalue weighted by atomic mass is 16.5. The van der Waals surface area contributed by atoms with Crippen molar-refractivity contribution in [3.63, 3.8) is 0 Å². The maximum atomic E-state index is 13.9. The maximum Gasteiger partial charge on any atom is 0.258 e. The molecule has 4 aliphatic rings. The van der Waals surface area contributed by atoms with Crippen molar-refractivity contribution in [1.82, 2.24) is 26.2 Å². The lowest BCUT2D eigenvalue weighted by Crippen LogP contribution is -2.58. The van der Waals surface area contributed by atoms with Gasteiger partial charge in [-0.3, -0.25) is 24.0 Å². The highest BCUT2D eigenvalue weighted by molar-refractivity contribution is 5.96. The van der Waals surface area contributed by atoms with Gasteiger partial charge in [-0.1, -0.05) is 60.7 Å². The van der Waals surface area contributed by atoms with Crippen LogP contribution in [0.1, 0.15) is 43.7 Å². The van der Waals surface area contributed by atoms with Gasteiger partial charge in [-0.05, 0) is 68.0 Å². The van der Waals surface area contributed by atoms with E-state index < -0.39 is 41.9 Å². The van der Waals surface area contributed by atoms with E-state index >= 15 is 0 Å². The largest absolute Gasteiger partial charge is 0.484 e. The number of amides is 5. The molecule has 4 N–H and O–H groups in total. The quantitative estimate of drug-likeness (QED) is 0.320. The molecule has 0 saturated carbocycles. The predicted octanol–water partition coefficient (Wildman–Crippen LogP) is 2.11. The van der Waals surface area contributed by atoms with Gasteiger partial charge in [0.1, 0.15) is 29.9 Å². The van der Waals surface area contributed by atoms with Crippen molar-refractivity contribution in [3.05, 3.63) is 96.1 Å². The molecule has 2 fully saturated rings. The van der Waals surface area contributed by atoms with E-state index in [2.05, 4.69) is 38.3 Å². The van der Waals surface area contributed by atoms with Gasteiger partial charge in [0.2, 0.25) is 23.6 Å². The summed E-state index contributed by atoms with van der Waals surface area (Å²) in [6.45, 7) is 3.18. The molecule has 51 heavy (non-hydrogen) atoms. The number of ether oxygens (including phenoxy) is 1. The minimum absolute atomic E-state index is 0.0537. The number of carbonyl (C=O) groups excluding carboxylic acids is 5. The number of carbonyl (C=O) groups is 5. The summed E-state index contributed by atoms with van der Waals surface area (Å²) in [4.78, 5) is 71.7. The molecule has 0 radical (unpaired) electrons. The molecular formula is C39H46N6O6. The summed E-state index contributed by atoms with van der Waals surface area (Å²) in [6, 6.07) is 22.8. The van der Waals surface area contributed by atoms with Crippen LogP contribution in [0, 0.1) is 0 Å². The predicted molar refractivity (Wildman–Crippen MR) is 192 cm³/mol. The lowest BCUT2D eigenvalue weighted by atomic mass is 10.0. The van der Waals surface area contributed by atoms with Crippen molar-refractivity contribution in [1.29, 1.82) is 0 Å². The first kappa shape index (κ1) is 35.4. The van der Waals surface area contributed by atoms with Gasteiger partial charge in [-0.2, -0.15) is 0 Å². The zero-order chi connectivity index (χ0) is 35.7. The van der Waals surface area contributed by atoms with E-state index in [1.165, 1.54) is 4.90 Å². The number of anilines is 1. The van der Waals surface area contributed by atoms with Crippen LogP contribution in [0.15, 0.2) is 84.9 Å². The Kier molecular flexibility index (Phi) is 11.5. The highest BCUT2D eigenvalue weighted by Gasteiger charge is 2.39. The van der Waals surface area contributed by atoms with Crippen LogP contribution in [0.5, 0.6) is 5.75 Å². The Bertz CT molecular complexity index is 1680. The first-order chi connectivity index (χ1) is 24.7. The Labute approximate surface area is 298 Å². The SMILES string of the molecule is C[C@@H]1NC(=O)[C@H]2CCCN2C(=O)[C@@H](Cc2ccccc2)NC(=O)COc2ccc(cc2)C[C@@H](C(=O)NC2CCN(c3ccccc3)CC2)NC1=O. The monoisotopic (exact) mass is 694 g/mol. The molecule has 0 aromatic heterocycles. The van der Waals surface area contributed by atoms with E-state index in [1.54, 1.807) is 31.2 Å².